The van der Waals surface area contributed by atoms with Crippen molar-refractivity contribution in [1.82, 2.24) is 19.8 Å². The van der Waals surface area contributed by atoms with E-state index in [2.05, 4.69) is 10.4 Å². The van der Waals surface area contributed by atoms with Gasteiger partial charge in [-0.3, -0.25) is 34.6 Å². The number of thiazole rings is 1. The van der Waals surface area contributed by atoms with E-state index in [0.717, 1.165) is 16.0 Å². The third-order valence-electron chi connectivity index (χ3n) is 5.62. The van der Waals surface area contributed by atoms with Gasteiger partial charge in [-0.2, -0.15) is 5.10 Å². The molecule has 1 aliphatic heterocycles. The molecule has 194 valence electrons. The van der Waals surface area contributed by atoms with Crippen LogP contribution in [-0.2, 0) is 22.7 Å². The first-order valence-electron chi connectivity index (χ1n) is 11.2. The lowest BCUT2D eigenvalue weighted by molar-refractivity contribution is -0.384. The van der Waals surface area contributed by atoms with Gasteiger partial charge in [-0.15, -0.1) is 0 Å². The fourth-order valence-corrected chi connectivity index (χ4v) is 4.79. The zero-order valence-corrected chi connectivity index (χ0v) is 21.3. The van der Waals surface area contributed by atoms with Crippen molar-refractivity contribution in [2.45, 2.75) is 20.1 Å². The van der Waals surface area contributed by atoms with Gasteiger partial charge in [0.25, 0.3) is 5.69 Å². The summed E-state index contributed by atoms with van der Waals surface area (Å²) in [4.78, 5) is 48.9. The Bertz CT molecular complexity index is 1410. The molecule has 0 radical (unpaired) electrons. The van der Waals surface area contributed by atoms with Gasteiger partial charge in [-0.05, 0) is 42.8 Å². The minimum atomic E-state index is -0.707. The molecule has 2 aromatic carbocycles. The summed E-state index contributed by atoms with van der Waals surface area (Å²) in [7, 11) is 0. The molecule has 2 heterocycles. The number of amides is 2. The molecule has 0 spiro atoms. The Kier molecular flexibility index (Phi) is 8.04. The summed E-state index contributed by atoms with van der Waals surface area (Å²) in [6.07, 6.45) is -0.707. The Balaban J connectivity index is 1.24. The summed E-state index contributed by atoms with van der Waals surface area (Å²) >= 11 is 7.13. The lowest BCUT2D eigenvalue weighted by Gasteiger charge is -2.33. The van der Waals surface area contributed by atoms with Gasteiger partial charge in [0, 0.05) is 30.2 Å². The number of carbonyl (C=O) groups excluding carboxylic acids is 2. The molecule has 3 aromatic rings. The molecule has 1 aliphatic rings. The molecule has 1 fully saturated rings. The molecule has 0 aliphatic carbocycles. The number of nitrogens with zero attached hydrogens (tertiary/aromatic N) is 5. The monoisotopic (exact) mass is 546 g/mol. The van der Waals surface area contributed by atoms with E-state index in [9.17, 15) is 24.5 Å². The molecule has 0 saturated carbocycles. The summed E-state index contributed by atoms with van der Waals surface area (Å²) in [6.45, 7) is 3.23. The van der Waals surface area contributed by atoms with E-state index in [1.54, 1.807) is 35.0 Å². The fraction of sp³-hybridized carbons (Fsp3) is 0.304. The Morgan fingerprint density at radius 3 is 2.54 bits per heavy atom. The number of nitro benzene ring substituents is 1. The van der Waals surface area contributed by atoms with Gasteiger partial charge >= 0.3 is 11.0 Å². The van der Waals surface area contributed by atoms with Crippen LogP contribution in [0.15, 0.2) is 52.4 Å². The highest BCUT2D eigenvalue weighted by atomic mass is 35.5. The molecule has 1 aromatic heterocycles. The molecule has 12 nitrogen and oxygen atoms in total. The number of rotatable bonds is 6. The van der Waals surface area contributed by atoms with Gasteiger partial charge in [-0.25, -0.2) is 4.79 Å². The highest BCUT2D eigenvalue weighted by Gasteiger charge is 2.22. The predicted molar refractivity (Wildman–Crippen MR) is 139 cm³/mol. The summed E-state index contributed by atoms with van der Waals surface area (Å²) in [6, 6.07) is 10.9. The second kappa shape index (κ2) is 11.4. The average Bonchev–Trinajstić information content (AvgIpc) is 3.17. The largest absolute Gasteiger partial charge is 0.444 e. The molecule has 1 saturated heterocycles. The van der Waals surface area contributed by atoms with E-state index >= 15 is 0 Å². The average molecular weight is 547 g/mol. The molecule has 37 heavy (non-hydrogen) atoms. The summed E-state index contributed by atoms with van der Waals surface area (Å²) in [5.74, 6) is 0.150. The summed E-state index contributed by atoms with van der Waals surface area (Å²) in [5.41, 5.74) is 1.20. The normalized spacial score (nSPS) is 14.1. The van der Waals surface area contributed by atoms with Gasteiger partial charge in [0.2, 0.25) is 5.91 Å². The third-order valence-corrected chi connectivity index (χ3v) is 6.82. The maximum atomic E-state index is 12.8. The molecule has 1 N–H and O–H groups in total. The van der Waals surface area contributed by atoms with E-state index in [4.69, 9.17) is 16.3 Å². The number of halogens is 1. The van der Waals surface area contributed by atoms with Gasteiger partial charge in [0.05, 0.1) is 28.2 Å². The van der Waals surface area contributed by atoms with Gasteiger partial charge in [0.15, 0.2) is 0 Å². The number of non-ortho nitro benzene ring substituents is 1. The number of piperazine rings is 1. The van der Waals surface area contributed by atoms with Crippen LogP contribution in [0.4, 0.5) is 10.5 Å². The van der Waals surface area contributed by atoms with Crippen LogP contribution in [0.2, 0.25) is 5.02 Å². The van der Waals surface area contributed by atoms with Crippen molar-refractivity contribution in [3.63, 3.8) is 0 Å². The third kappa shape index (κ3) is 6.62. The van der Waals surface area contributed by atoms with Crippen LogP contribution < -0.4 is 10.2 Å². The predicted octanol–water partition coefficient (Wildman–Crippen LogP) is 3.03. The topological polar surface area (TPSA) is 139 Å². The van der Waals surface area contributed by atoms with Crippen LogP contribution in [0.25, 0.3) is 10.2 Å². The number of amidine groups is 1. The number of hydrazone groups is 1. The highest BCUT2D eigenvalue weighted by Crippen LogP contribution is 2.22. The van der Waals surface area contributed by atoms with Gasteiger partial charge < -0.3 is 9.64 Å². The van der Waals surface area contributed by atoms with Crippen LogP contribution in [0.1, 0.15) is 12.5 Å². The van der Waals surface area contributed by atoms with E-state index < -0.39 is 11.0 Å². The van der Waals surface area contributed by atoms with Crippen molar-refractivity contribution in [3.8, 4) is 0 Å². The summed E-state index contributed by atoms with van der Waals surface area (Å²) in [5, 5.41) is 19.8. The lowest BCUT2D eigenvalue weighted by atomic mass is 10.2. The molecule has 2 amide bonds. The van der Waals surface area contributed by atoms with E-state index in [0.29, 0.717) is 48.1 Å². The second-order valence-electron chi connectivity index (χ2n) is 8.21. The first-order valence-corrected chi connectivity index (χ1v) is 12.4. The number of fused-ring (bicyclic) bond motifs is 1. The number of aromatic nitrogens is 1. The van der Waals surface area contributed by atoms with Crippen molar-refractivity contribution in [3.05, 3.63) is 72.8 Å². The SMILES string of the molecule is C/C(=N/N1CCN(C(=O)Cn2c(=O)sc3ccc(Cl)cc32)CC1)NC(=O)OCc1ccc([N+](=O)[O-])cc1. The fourth-order valence-electron chi connectivity index (χ4n) is 3.75. The zero-order chi connectivity index (χ0) is 26.5. The van der Waals surface area contributed by atoms with E-state index in [-0.39, 0.29) is 29.6 Å². The number of carbonyl (C=O) groups is 2. The van der Waals surface area contributed by atoms with Crippen molar-refractivity contribution < 1.29 is 19.2 Å². The molecule has 0 bridgehead atoms. The van der Waals surface area contributed by atoms with Crippen LogP contribution >= 0.6 is 22.9 Å². The van der Waals surface area contributed by atoms with Crippen molar-refractivity contribution in [1.29, 1.82) is 0 Å². The first kappa shape index (κ1) is 26.1. The smallest absolute Gasteiger partial charge is 0.412 e. The minimum absolute atomic E-state index is 0.0447. The minimum Gasteiger partial charge on any atom is -0.444 e. The quantitative estimate of drug-likeness (QED) is 0.217. The lowest BCUT2D eigenvalue weighted by Crippen LogP contribution is -2.48. The molecule has 14 heteroatoms. The number of hydrogen-bond acceptors (Lipinski definition) is 9. The molecular formula is C23H23ClN6O6S. The number of nitrogens with one attached hydrogen (secondary N) is 1. The van der Waals surface area contributed by atoms with E-state index in [1.165, 1.54) is 28.8 Å². The zero-order valence-electron chi connectivity index (χ0n) is 19.8. The molecular weight excluding hydrogens is 524 g/mol. The van der Waals surface area contributed by atoms with Crippen molar-refractivity contribution in [2.75, 3.05) is 26.2 Å². The van der Waals surface area contributed by atoms with Crippen LogP contribution in [0.3, 0.4) is 0 Å². The standard InChI is InChI=1S/C23H23ClN6O6S/c1-15(25-22(32)36-14-16-2-5-18(6-3-16)30(34)35)26-28-10-8-27(9-11-28)21(31)13-29-19-12-17(24)4-7-20(19)37-23(29)33/h2-7,12H,8-11,13-14H2,1H3,(H,25,26,32). The Morgan fingerprint density at radius 2 is 1.86 bits per heavy atom. The Labute approximate surface area is 219 Å². The highest BCUT2D eigenvalue weighted by molar-refractivity contribution is 7.16. The molecule has 4 rings (SSSR count). The van der Waals surface area contributed by atoms with E-state index in [1.807, 2.05) is 0 Å². The number of nitro groups is 1. The van der Waals surface area contributed by atoms with Gasteiger partial charge in [0.1, 0.15) is 19.0 Å². The van der Waals surface area contributed by atoms with Crippen LogP contribution in [0, 0.1) is 10.1 Å². The summed E-state index contributed by atoms with van der Waals surface area (Å²) < 4.78 is 7.34. The second-order valence-corrected chi connectivity index (χ2v) is 9.64. The number of hydrogen-bond donors (Lipinski definition) is 1. The number of benzene rings is 2. The van der Waals surface area contributed by atoms with Crippen molar-refractivity contribution >= 4 is 56.7 Å². The number of alkyl carbamates (subject to hydrolysis) is 1. The van der Waals surface area contributed by atoms with Crippen LogP contribution in [0.5, 0.6) is 0 Å². The molecule has 0 unspecified atom stereocenters. The Morgan fingerprint density at radius 1 is 1.16 bits per heavy atom. The first-order chi connectivity index (χ1) is 17.7. The Hall–Kier alpha value is -3.97. The number of ether oxygens (including phenoxy) is 1. The maximum absolute atomic E-state index is 12.8. The van der Waals surface area contributed by atoms with Crippen molar-refractivity contribution in [2.24, 2.45) is 5.10 Å². The molecule has 0 atom stereocenters. The van der Waals surface area contributed by atoms with Crippen LogP contribution in [-0.4, -0.2) is 63.4 Å². The van der Waals surface area contributed by atoms with Gasteiger partial charge in [-0.1, -0.05) is 22.9 Å². The maximum Gasteiger partial charge on any atom is 0.412 e.